The lowest BCUT2D eigenvalue weighted by atomic mass is 9.93. The topological polar surface area (TPSA) is 65.1 Å². The van der Waals surface area contributed by atoms with Gasteiger partial charge < -0.3 is 9.80 Å². The molecule has 0 unspecified atom stereocenters. The van der Waals surface area contributed by atoms with E-state index in [9.17, 15) is 4.79 Å². The Morgan fingerprint density at radius 2 is 2.32 bits per heavy atom. The van der Waals surface area contributed by atoms with Crippen LogP contribution in [0.15, 0.2) is 30.7 Å². The molecule has 0 radical (unpaired) electrons. The summed E-state index contributed by atoms with van der Waals surface area (Å²) in [4.78, 5) is 20.9. The van der Waals surface area contributed by atoms with Crippen molar-refractivity contribution in [1.82, 2.24) is 25.0 Å². The predicted molar refractivity (Wildman–Crippen MR) is 97.1 cm³/mol. The average molecular weight is 341 g/mol. The number of piperidine rings is 1. The van der Waals surface area contributed by atoms with Crippen LogP contribution in [0.1, 0.15) is 42.0 Å². The third-order valence-electron chi connectivity index (χ3n) is 4.93. The standard InChI is InChI=1S/C19H27N5O/c1-15-11-21-22-19(15)17-6-4-9-24(14-17)18(25)7-10-23(2)13-16-5-3-8-20-12-16/h3,5,8,11-12,17H,4,6-7,9-10,13-14H2,1-2H3,(H,21,22)/t17-/m0/s1. The molecule has 1 N–H and O–H groups in total. The number of carbonyl (C=O) groups is 1. The van der Waals surface area contributed by atoms with Crippen LogP contribution in [-0.2, 0) is 11.3 Å². The molecule has 3 heterocycles. The summed E-state index contributed by atoms with van der Waals surface area (Å²) in [5.74, 6) is 0.633. The first kappa shape index (κ1) is 17.6. The first-order valence-corrected chi connectivity index (χ1v) is 8.98. The van der Waals surface area contributed by atoms with E-state index in [2.05, 4.69) is 33.1 Å². The Balaban J connectivity index is 1.48. The molecule has 134 valence electrons. The number of carbonyl (C=O) groups excluding carboxylic acids is 1. The van der Waals surface area contributed by atoms with E-state index in [1.165, 1.54) is 16.8 Å². The van der Waals surface area contributed by atoms with Crippen molar-refractivity contribution >= 4 is 5.91 Å². The largest absolute Gasteiger partial charge is 0.342 e. The van der Waals surface area contributed by atoms with Crippen molar-refractivity contribution in [2.75, 3.05) is 26.7 Å². The summed E-state index contributed by atoms with van der Waals surface area (Å²) in [6.45, 7) is 5.32. The molecule has 25 heavy (non-hydrogen) atoms. The second-order valence-corrected chi connectivity index (χ2v) is 6.99. The number of amides is 1. The van der Waals surface area contributed by atoms with Gasteiger partial charge in [-0.25, -0.2) is 0 Å². The van der Waals surface area contributed by atoms with Crippen molar-refractivity contribution in [2.24, 2.45) is 0 Å². The van der Waals surface area contributed by atoms with E-state index in [0.29, 0.717) is 12.3 Å². The number of aryl methyl sites for hydroxylation is 1. The van der Waals surface area contributed by atoms with E-state index in [0.717, 1.165) is 39.0 Å². The van der Waals surface area contributed by atoms with Gasteiger partial charge in [-0.2, -0.15) is 5.10 Å². The number of hydrogen-bond acceptors (Lipinski definition) is 4. The maximum Gasteiger partial charge on any atom is 0.223 e. The van der Waals surface area contributed by atoms with Gasteiger partial charge in [-0.3, -0.25) is 14.9 Å². The molecule has 1 aliphatic heterocycles. The van der Waals surface area contributed by atoms with Crippen LogP contribution in [0.3, 0.4) is 0 Å². The molecule has 1 amide bonds. The zero-order chi connectivity index (χ0) is 17.6. The van der Waals surface area contributed by atoms with Crippen LogP contribution in [0.5, 0.6) is 0 Å². The number of rotatable bonds is 6. The minimum atomic E-state index is 0.250. The number of H-pyrrole nitrogens is 1. The second-order valence-electron chi connectivity index (χ2n) is 6.99. The van der Waals surface area contributed by atoms with Crippen LogP contribution in [0.25, 0.3) is 0 Å². The summed E-state index contributed by atoms with van der Waals surface area (Å²) in [5.41, 5.74) is 3.55. The highest BCUT2D eigenvalue weighted by Gasteiger charge is 2.26. The predicted octanol–water partition coefficient (Wildman–Crippen LogP) is 2.34. The molecule has 1 atom stereocenters. The maximum atomic E-state index is 12.6. The smallest absolute Gasteiger partial charge is 0.223 e. The summed E-state index contributed by atoms with van der Waals surface area (Å²) in [6, 6.07) is 4.01. The van der Waals surface area contributed by atoms with Gasteiger partial charge in [-0.1, -0.05) is 6.07 Å². The van der Waals surface area contributed by atoms with E-state index in [4.69, 9.17) is 0 Å². The molecule has 3 rings (SSSR count). The second kappa shape index (κ2) is 8.25. The molecule has 6 nitrogen and oxygen atoms in total. The fraction of sp³-hybridized carbons (Fsp3) is 0.526. The van der Waals surface area contributed by atoms with Crippen LogP contribution >= 0.6 is 0 Å². The van der Waals surface area contributed by atoms with E-state index in [1.54, 1.807) is 6.20 Å². The van der Waals surface area contributed by atoms with Gasteiger partial charge in [-0.05, 0) is 44.0 Å². The van der Waals surface area contributed by atoms with E-state index in [-0.39, 0.29) is 5.91 Å². The Bertz CT molecular complexity index is 684. The molecule has 0 spiro atoms. The summed E-state index contributed by atoms with van der Waals surface area (Å²) in [5, 5.41) is 7.24. The summed E-state index contributed by atoms with van der Waals surface area (Å²) < 4.78 is 0. The molecule has 6 heteroatoms. The Hall–Kier alpha value is -2.21. The Morgan fingerprint density at radius 1 is 1.44 bits per heavy atom. The van der Waals surface area contributed by atoms with Crippen molar-refractivity contribution in [3.8, 4) is 0 Å². The molecule has 1 aliphatic rings. The number of aromatic amines is 1. The number of aromatic nitrogens is 3. The number of pyridine rings is 1. The van der Waals surface area contributed by atoms with Gasteiger partial charge in [0.05, 0.1) is 6.20 Å². The summed E-state index contributed by atoms with van der Waals surface area (Å²) in [6.07, 6.45) is 8.25. The SMILES string of the molecule is Cc1cn[nH]c1[C@H]1CCCN(C(=O)CCN(C)Cc2cccnc2)C1. The lowest BCUT2D eigenvalue weighted by molar-refractivity contribution is -0.132. The van der Waals surface area contributed by atoms with Crippen molar-refractivity contribution in [2.45, 2.75) is 38.6 Å². The molecule has 0 aliphatic carbocycles. The van der Waals surface area contributed by atoms with Crippen molar-refractivity contribution in [1.29, 1.82) is 0 Å². The fourth-order valence-corrected chi connectivity index (χ4v) is 3.54. The molecular formula is C19H27N5O. The summed E-state index contributed by atoms with van der Waals surface area (Å²) >= 11 is 0. The first-order chi connectivity index (χ1) is 12.1. The zero-order valence-corrected chi connectivity index (χ0v) is 15.1. The number of nitrogens with zero attached hydrogens (tertiary/aromatic N) is 4. The number of nitrogens with one attached hydrogen (secondary N) is 1. The van der Waals surface area contributed by atoms with Crippen LogP contribution in [-0.4, -0.2) is 57.6 Å². The van der Waals surface area contributed by atoms with Crippen LogP contribution < -0.4 is 0 Å². The van der Waals surface area contributed by atoms with Crippen molar-refractivity contribution in [3.05, 3.63) is 47.5 Å². The third-order valence-corrected chi connectivity index (χ3v) is 4.93. The molecular weight excluding hydrogens is 314 g/mol. The molecule has 2 aromatic rings. The van der Waals surface area contributed by atoms with Crippen LogP contribution in [0.2, 0.25) is 0 Å². The van der Waals surface area contributed by atoms with E-state index >= 15 is 0 Å². The first-order valence-electron chi connectivity index (χ1n) is 8.98. The zero-order valence-electron chi connectivity index (χ0n) is 15.1. The monoisotopic (exact) mass is 341 g/mol. The lowest BCUT2D eigenvalue weighted by Gasteiger charge is -2.33. The fourth-order valence-electron chi connectivity index (χ4n) is 3.54. The van der Waals surface area contributed by atoms with Crippen LogP contribution in [0, 0.1) is 6.92 Å². The quantitative estimate of drug-likeness (QED) is 0.876. The highest BCUT2D eigenvalue weighted by molar-refractivity contribution is 5.76. The van der Waals surface area contributed by atoms with Crippen molar-refractivity contribution < 1.29 is 4.79 Å². The third kappa shape index (κ3) is 4.66. The van der Waals surface area contributed by atoms with Crippen LogP contribution in [0.4, 0.5) is 0 Å². The van der Waals surface area contributed by atoms with Gasteiger partial charge >= 0.3 is 0 Å². The highest BCUT2D eigenvalue weighted by atomic mass is 16.2. The van der Waals surface area contributed by atoms with Gasteiger partial charge in [0, 0.05) is 56.6 Å². The normalized spacial score (nSPS) is 17.9. The van der Waals surface area contributed by atoms with Gasteiger partial charge in [0.2, 0.25) is 5.91 Å². The van der Waals surface area contributed by atoms with Gasteiger partial charge in [-0.15, -0.1) is 0 Å². The molecule has 0 aromatic carbocycles. The van der Waals surface area contributed by atoms with Gasteiger partial charge in [0.25, 0.3) is 0 Å². The molecule has 2 aromatic heterocycles. The minimum Gasteiger partial charge on any atom is -0.342 e. The highest BCUT2D eigenvalue weighted by Crippen LogP contribution is 2.27. The lowest BCUT2D eigenvalue weighted by Crippen LogP contribution is -2.40. The van der Waals surface area contributed by atoms with Gasteiger partial charge in [0.1, 0.15) is 0 Å². The molecule has 1 fully saturated rings. The molecule has 1 saturated heterocycles. The average Bonchev–Trinajstić information content (AvgIpc) is 3.06. The Morgan fingerprint density at radius 3 is 3.04 bits per heavy atom. The van der Waals surface area contributed by atoms with E-state index in [1.807, 2.05) is 30.4 Å². The van der Waals surface area contributed by atoms with Gasteiger partial charge in [0.15, 0.2) is 0 Å². The van der Waals surface area contributed by atoms with Crippen molar-refractivity contribution in [3.63, 3.8) is 0 Å². The maximum absolute atomic E-state index is 12.6. The number of hydrogen-bond donors (Lipinski definition) is 1. The Labute approximate surface area is 149 Å². The van der Waals surface area contributed by atoms with E-state index < -0.39 is 0 Å². The molecule has 0 bridgehead atoms. The molecule has 0 saturated carbocycles. The summed E-state index contributed by atoms with van der Waals surface area (Å²) in [7, 11) is 2.05. The Kier molecular flexibility index (Phi) is 5.81. The number of likely N-dealkylation sites (tertiary alicyclic amines) is 1. The minimum absolute atomic E-state index is 0.250.